The van der Waals surface area contributed by atoms with E-state index in [1.54, 1.807) is 36.4 Å². The summed E-state index contributed by atoms with van der Waals surface area (Å²) in [6, 6.07) is 18.1. The smallest absolute Gasteiger partial charge is 0.262 e. The molecule has 0 aromatic heterocycles. The van der Waals surface area contributed by atoms with Crippen LogP contribution in [0.3, 0.4) is 0 Å². The van der Waals surface area contributed by atoms with Crippen LogP contribution >= 0.6 is 0 Å². The summed E-state index contributed by atoms with van der Waals surface area (Å²) in [6.45, 7) is 0.793. The van der Waals surface area contributed by atoms with E-state index < -0.39 is 10.0 Å². The lowest BCUT2D eigenvalue weighted by molar-refractivity contribution is 0.102. The normalized spacial score (nSPS) is 15.4. The Morgan fingerprint density at radius 1 is 0.886 bits per heavy atom. The molecule has 0 unspecified atom stereocenters. The van der Waals surface area contributed by atoms with E-state index in [9.17, 15) is 13.2 Å². The van der Waals surface area contributed by atoms with E-state index in [-0.39, 0.29) is 16.9 Å². The molecule has 1 aliphatic carbocycles. The summed E-state index contributed by atoms with van der Waals surface area (Å²) in [5, 5.41) is 2.89. The fraction of sp³-hybridized carbons (Fsp3) is 0.269. The summed E-state index contributed by atoms with van der Waals surface area (Å²) in [6.07, 6.45) is 4.53. The van der Waals surface area contributed by atoms with Crippen molar-refractivity contribution in [2.24, 2.45) is 0 Å². The Bertz CT molecular complexity index is 1320. The molecule has 1 saturated carbocycles. The predicted molar refractivity (Wildman–Crippen MR) is 132 cm³/mol. The highest BCUT2D eigenvalue weighted by atomic mass is 32.2. The molecule has 1 aliphatic heterocycles. The Hall–Kier alpha value is -3.72. The summed E-state index contributed by atoms with van der Waals surface area (Å²) >= 11 is 0. The number of rotatable bonds is 7. The van der Waals surface area contributed by atoms with E-state index in [0.29, 0.717) is 47.4 Å². The predicted octanol–water partition coefficient (Wildman–Crippen LogP) is 4.83. The molecule has 1 heterocycles. The maximum Gasteiger partial charge on any atom is 0.262 e. The highest BCUT2D eigenvalue weighted by molar-refractivity contribution is 7.92. The van der Waals surface area contributed by atoms with E-state index in [1.165, 1.54) is 12.1 Å². The van der Waals surface area contributed by atoms with Gasteiger partial charge >= 0.3 is 0 Å². The number of amides is 1. The third kappa shape index (κ3) is 5.35. The first-order valence-corrected chi connectivity index (χ1v) is 13.1. The van der Waals surface area contributed by atoms with E-state index in [2.05, 4.69) is 10.0 Å². The van der Waals surface area contributed by atoms with Crippen molar-refractivity contribution in [1.82, 2.24) is 0 Å². The first-order chi connectivity index (χ1) is 17.0. The van der Waals surface area contributed by atoms with E-state index in [0.717, 1.165) is 25.7 Å². The minimum atomic E-state index is -3.85. The monoisotopic (exact) mass is 494 g/mol. The fourth-order valence-corrected chi connectivity index (χ4v) is 5.22. The number of anilines is 2. The number of benzene rings is 3. The Morgan fingerprint density at radius 2 is 1.60 bits per heavy atom. The van der Waals surface area contributed by atoms with Crippen molar-refractivity contribution in [3.8, 4) is 17.2 Å². The molecule has 182 valence electrons. The van der Waals surface area contributed by atoms with Crippen LogP contribution < -0.4 is 24.2 Å². The first-order valence-electron chi connectivity index (χ1n) is 11.6. The van der Waals surface area contributed by atoms with Gasteiger partial charge in [0.2, 0.25) is 0 Å². The van der Waals surface area contributed by atoms with Crippen molar-refractivity contribution in [3.05, 3.63) is 72.3 Å². The third-order valence-electron chi connectivity index (χ3n) is 5.95. The molecular weight excluding hydrogens is 468 g/mol. The summed E-state index contributed by atoms with van der Waals surface area (Å²) in [5.74, 6) is 1.24. The molecule has 5 rings (SSSR count). The maximum atomic E-state index is 12.8. The quantitative estimate of drug-likeness (QED) is 0.488. The SMILES string of the molecule is O=C(Nc1ccccc1OC1CCCC1)c1ccc(NS(=O)(=O)c2ccc3c(c2)OCCO3)cc1. The highest BCUT2D eigenvalue weighted by Gasteiger charge is 2.21. The van der Waals surface area contributed by atoms with Crippen LogP contribution in [0.2, 0.25) is 0 Å². The Kier molecular flexibility index (Phi) is 6.50. The highest BCUT2D eigenvalue weighted by Crippen LogP contribution is 2.33. The lowest BCUT2D eigenvalue weighted by atomic mass is 10.2. The standard InChI is InChI=1S/C26H26N2O6S/c29-26(27-22-7-3-4-8-23(22)34-20-5-1-2-6-20)18-9-11-19(12-10-18)28-35(30,31)21-13-14-24-25(17-21)33-16-15-32-24/h3-4,7-14,17,20,28H,1-2,5-6,15-16H2,(H,27,29). The molecule has 2 N–H and O–H groups in total. The van der Waals surface area contributed by atoms with Gasteiger partial charge < -0.3 is 19.5 Å². The summed E-state index contributed by atoms with van der Waals surface area (Å²) in [4.78, 5) is 12.9. The molecule has 1 fully saturated rings. The van der Waals surface area contributed by atoms with Gasteiger partial charge in [-0.3, -0.25) is 9.52 Å². The number of hydrogen-bond donors (Lipinski definition) is 2. The number of para-hydroxylation sites is 2. The Balaban J connectivity index is 1.26. The van der Waals surface area contributed by atoms with E-state index in [1.807, 2.05) is 18.2 Å². The van der Waals surface area contributed by atoms with Gasteiger partial charge in [0.1, 0.15) is 19.0 Å². The van der Waals surface area contributed by atoms with Crippen molar-refractivity contribution < 1.29 is 27.4 Å². The van der Waals surface area contributed by atoms with Crippen molar-refractivity contribution in [1.29, 1.82) is 0 Å². The number of carbonyl (C=O) groups excluding carboxylic acids is 1. The lowest BCUT2D eigenvalue weighted by Crippen LogP contribution is -2.17. The van der Waals surface area contributed by atoms with Gasteiger partial charge in [-0.1, -0.05) is 12.1 Å². The van der Waals surface area contributed by atoms with Crippen LogP contribution in [0.4, 0.5) is 11.4 Å². The molecule has 8 nitrogen and oxygen atoms in total. The summed E-state index contributed by atoms with van der Waals surface area (Å²) < 4.78 is 45.2. The zero-order valence-electron chi connectivity index (χ0n) is 19.0. The summed E-state index contributed by atoms with van der Waals surface area (Å²) in [5.41, 5.74) is 1.33. The van der Waals surface area contributed by atoms with Gasteiger partial charge in [0.25, 0.3) is 15.9 Å². The van der Waals surface area contributed by atoms with Crippen LogP contribution in [0.1, 0.15) is 36.0 Å². The fourth-order valence-electron chi connectivity index (χ4n) is 4.15. The third-order valence-corrected chi connectivity index (χ3v) is 7.33. The van der Waals surface area contributed by atoms with Crippen molar-refractivity contribution in [2.45, 2.75) is 36.7 Å². The second-order valence-electron chi connectivity index (χ2n) is 8.46. The largest absolute Gasteiger partial charge is 0.488 e. The maximum absolute atomic E-state index is 12.8. The molecule has 2 aliphatic rings. The number of hydrogen-bond acceptors (Lipinski definition) is 6. The van der Waals surface area contributed by atoms with Crippen LogP contribution in [0.15, 0.2) is 71.6 Å². The topological polar surface area (TPSA) is 103 Å². The van der Waals surface area contributed by atoms with Crippen molar-refractivity contribution in [3.63, 3.8) is 0 Å². The van der Waals surface area contributed by atoms with Crippen LogP contribution in [-0.2, 0) is 10.0 Å². The molecule has 1 amide bonds. The minimum Gasteiger partial charge on any atom is -0.488 e. The van der Waals surface area contributed by atoms with Crippen LogP contribution in [0, 0.1) is 0 Å². The molecule has 0 atom stereocenters. The van der Waals surface area contributed by atoms with Gasteiger partial charge in [-0.15, -0.1) is 0 Å². The number of carbonyl (C=O) groups is 1. The molecule has 0 spiro atoms. The zero-order valence-corrected chi connectivity index (χ0v) is 19.8. The van der Waals surface area contributed by atoms with E-state index in [4.69, 9.17) is 14.2 Å². The van der Waals surface area contributed by atoms with Crippen LogP contribution in [-0.4, -0.2) is 33.6 Å². The second kappa shape index (κ2) is 9.87. The van der Waals surface area contributed by atoms with Gasteiger partial charge in [0.15, 0.2) is 11.5 Å². The molecule has 3 aromatic carbocycles. The number of sulfonamides is 1. The lowest BCUT2D eigenvalue weighted by Gasteiger charge is -2.19. The van der Waals surface area contributed by atoms with Gasteiger partial charge in [0, 0.05) is 17.3 Å². The van der Waals surface area contributed by atoms with Gasteiger partial charge in [0.05, 0.1) is 16.7 Å². The summed E-state index contributed by atoms with van der Waals surface area (Å²) in [7, 11) is -3.85. The molecule has 0 saturated heterocycles. The molecular formula is C26H26N2O6S. The Labute approximate surface area is 204 Å². The van der Waals surface area contributed by atoms with Crippen LogP contribution in [0.25, 0.3) is 0 Å². The molecule has 35 heavy (non-hydrogen) atoms. The van der Waals surface area contributed by atoms with Crippen LogP contribution in [0.5, 0.6) is 17.2 Å². The van der Waals surface area contributed by atoms with Crippen molar-refractivity contribution in [2.75, 3.05) is 23.3 Å². The zero-order chi connectivity index (χ0) is 24.3. The Morgan fingerprint density at radius 3 is 2.37 bits per heavy atom. The van der Waals surface area contributed by atoms with E-state index >= 15 is 0 Å². The average Bonchev–Trinajstić information content (AvgIpc) is 3.38. The molecule has 9 heteroatoms. The van der Waals surface area contributed by atoms with Crippen molar-refractivity contribution >= 4 is 27.3 Å². The minimum absolute atomic E-state index is 0.0578. The molecule has 0 radical (unpaired) electrons. The average molecular weight is 495 g/mol. The van der Waals surface area contributed by atoms with Gasteiger partial charge in [-0.05, 0) is 74.2 Å². The number of ether oxygens (including phenoxy) is 3. The van der Waals surface area contributed by atoms with Gasteiger partial charge in [-0.25, -0.2) is 8.42 Å². The molecule has 3 aromatic rings. The first kappa shape index (κ1) is 23.0. The number of fused-ring (bicyclic) bond motifs is 1. The second-order valence-corrected chi connectivity index (χ2v) is 10.1. The molecule has 0 bridgehead atoms. The van der Waals surface area contributed by atoms with Gasteiger partial charge in [-0.2, -0.15) is 0 Å². The number of nitrogens with one attached hydrogen (secondary N) is 2.